The van der Waals surface area contributed by atoms with Crippen molar-refractivity contribution in [1.82, 2.24) is 19.9 Å². The summed E-state index contributed by atoms with van der Waals surface area (Å²) in [6.07, 6.45) is 6.81. The minimum absolute atomic E-state index is 0.0413. The Labute approximate surface area is 193 Å². The predicted molar refractivity (Wildman–Crippen MR) is 128 cm³/mol. The second-order valence-corrected chi connectivity index (χ2v) is 8.20. The van der Waals surface area contributed by atoms with Crippen LogP contribution in [0.15, 0.2) is 73.2 Å². The van der Waals surface area contributed by atoms with Crippen molar-refractivity contribution in [2.75, 3.05) is 18.5 Å². The van der Waals surface area contributed by atoms with Gasteiger partial charge in [-0.15, -0.1) is 0 Å². The van der Waals surface area contributed by atoms with Crippen LogP contribution in [0.1, 0.15) is 28.3 Å². The second-order valence-electron chi connectivity index (χ2n) is 8.20. The number of nitrogens with one attached hydrogen (secondary N) is 2. The third-order valence-corrected chi connectivity index (χ3v) is 5.83. The zero-order valence-corrected chi connectivity index (χ0v) is 18.5. The Bertz CT molecular complexity index is 1240. The molecule has 4 aromatic rings. The van der Waals surface area contributed by atoms with Crippen molar-refractivity contribution in [1.29, 1.82) is 0 Å². The van der Waals surface area contributed by atoms with E-state index in [0.717, 1.165) is 47.0 Å². The number of anilines is 2. The quantitative estimate of drug-likeness (QED) is 0.382. The number of aliphatic hydroxyl groups is 1. The van der Waals surface area contributed by atoms with Gasteiger partial charge in [0.2, 0.25) is 5.95 Å². The second kappa shape index (κ2) is 9.44. The van der Waals surface area contributed by atoms with Gasteiger partial charge in [0.1, 0.15) is 11.6 Å². The number of aryl methyl sites for hydroxylation is 1. The zero-order valence-electron chi connectivity index (χ0n) is 18.5. The summed E-state index contributed by atoms with van der Waals surface area (Å²) in [6, 6.07) is 18.0. The largest absolute Gasteiger partial charge is 0.493 e. The van der Waals surface area contributed by atoms with Gasteiger partial charge in [-0.25, -0.2) is 4.98 Å². The van der Waals surface area contributed by atoms with Crippen LogP contribution in [0.4, 0.5) is 11.6 Å². The van der Waals surface area contributed by atoms with Crippen molar-refractivity contribution in [2.24, 2.45) is 0 Å². The van der Waals surface area contributed by atoms with Crippen molar-refractivity contribution in [3.8, 4) is 11.6 Å². The van der Waals surface area contributed by atoms with Crippen LogP contribution in [0.25, 0.3) is 5.82 Å². The molecular weight excluding hydrogens is 414 g/mol. The van der Waals surface area contributed by atoms with Crippen LogP contribution >= 0.6 is 0 Å². The van der Waals surface area contributed by atoms with E-state index in [1.807, 2.05) is 66.3 Å². The fraction of sp³-hybridized carbons (Fsp3) is 0.231. The number of aromatic nitrogens is 3. The van der Waals surface area contributed by atoms with E-state index in [-0.39, 0.29) is 12.6 Å². The van der Waals surface area contributed by atoms with Gasteiger partial charge in [-0.2, -0.15) is 4.98 Å². The number of ether oxygens (including phenoxy) is 1. The molecule has 0 bridgehead atoms. The maximum absolute atomic E-state index is 9.78. The number of fused-ring (bicyclic) bond motifs is 1. The van der Waals surface area contributed by atoms with Crippen LogP contribution in [0.2, 0.25) is 0 Å². The lowest BCUT2D eigenvalue weighted by molar-refractivity contribution is 0.243. The van der Waals surface area contributed by atoms with Crippen molar-refractivity contribution in [3.63, 3.8) is 0 Å². The standard InChI is InChI=1S/C26H27N5O2/c1-18-14-28-26(29-22-7-8-24-21(13-22)10-12-33-24)30-25(18)31-11-9-19(16-31)15-27-23(17-32)20-5-3-2-4-6-20/h2-9,11,13-14,16,23,27,32H,10,12,15,17H2,1H3,(H,28,29,30). The Morgan fingerprint density at radius 2 is 2.03 bits per heavy atom. The highest BCUT2D eigenvalue weighted by atomic mass is 16.5. The van der Waals surface area contributed by atoms with Gasteiger partial charge in [-0.05, 0) is 47.9 Å². The number of nitrogens with zero attached hydrogens (tertiary/aromatic N) is 3. The monoisotopic (exact) mass is 441 g/mol. The van der Waals surface area contributed by atoms with Gasteiger partial charge >= 0.3 is 0 Å². The number of rotatable bonds is 8. The molecule has 1 aliphatic heterocycles. The third kappa shape index (κ3) is 4.74. The van der Waals surface area contributed by atoms with E-state index in [1.165, 1.54) is 5.56 Å². The van der Waals surface area contributed by atoms with Crippen LogP contribution < -0.4 is 15.4 Å². The zero-order chi connectivity index (χ0) is 22.6. The van der Waals surface area contributed by atoms with Crippen molar-refractivity contribution in [3.05, 3.63) is 95.4 Å². The van der Waals surface area contributed by atoms with E-state index in [1.54, 1.807) is 0 Å². The van der Waals surface area contributed by atoms with E-state index < -0.39 is 0 Å². The highest BCUT2D eigenvalue weighted by Gasteiger charge is 2.14. The lowest BCUT2D eigenvalue weighted by Crippen LogP contribution is -2.23. The summed E-state index contributed by atoms with van der Waals surface area (Å²) in [4.78, 5) is 9.21. The summed E-state index contributed by atoms with van der Waals surface area (Å²) in [5.41, 5.74) is 5.31. The van der Waals surface area contributed by atoms with E-state index in [4.69, 9.17) is 9.72 Å². The van der Waals surface area contributed by atoms with Gasteiger partial charge < -0.3 is 25.0 Å². The van der Waals surface area contributed by atoms with Crippen molar-refractivity contribution in [2.45, 2.75) is 25.9 Å². The Kier molecular flexibility index (Phi) is 6.06. The molecule has 0 spiro atoms. The van der Waals surface area contributed by atoms with Crippen LogP contribution in [0.5, 0.6) is 5.75 Å². The summed E-state index contributed by atoms with van der Waals surface area (Å²) in [7, 11) is 0. The normalized spacial score (nSPS) is 13.4. The maximum Gasteiger partial charge on any atom is 0.229 e. The smallest absolute Gasteiger partial charge is 0.229 e. The number of benzene rings is 2. The average Bonchev–Trinajstić information content (AvgIpc) is 3.51. The van der Waals surface area contributed by atoms with Crippen LogP contribution in [-0.4, -0.2) is 32.9 Å². The SMILES string of the molecule is Cc1cnc(Nc2ccc3c(c2)CCO3)nc1-n1ccc(CNC(CO)c2ccccc2)c1. The summed E-state index contributed by atoms with van der Waals surface area (Å²) in [5, 5.41) is 16.5. The van der Waals surface area contributed by atoms with E-state index in [2.05, 4.69) is 33.9 Å². The molecule has 7 heteroatoms. The predicted octanol–water partition coefficient (Wildman–Crippen LogP) is 4.08. The van der Waals surface area contributed by atoms with Crippen LogP contribution in [0, 0.1) is 6.92 Å². The lowest BCUT2D eigenvalue weighted by atomic mass is 10.1. The fourth-order valence-corrected chi connectivity index (χ4v) is 4.04. The first kappa shape index (κ1) is 21.2. The van der Waals surface area contributed by atoms with Gasteiger partial charge in [0.25, 0.3) is 0 Å². The van der Waals surface area contributed by atoms with Gasteiger partial charge in [0.05, 0.1) is 19.3 Å². The molecule has 1 unspecified atom stereocenters. The molecule has 33 heavy (non-hydrogen) atoms. The average molecular weight is 442 g/mol. The number of hydrogen-bond donors (Lipinski definition) is 3. The third-order valence-electron chi connectivity index (χ3n) is 5.83. The molecule has 2 aromatic carbocycles. The molecule has 1 atom stereocenters. The summed E-state index contributed by atoms with van der Waals surface area (Å²) < 4.78 is 7.59. The van der Waals surface area contributed by atoms with E-state index in [9.17, 15) is 5.11 Å². The first-order valence-electron chi connectivity index (χ1n) is 11.1. The van der Waals surface area contributed by atoms with Gasteiger partial charge in [-0.3, -0.25) is 0 Å². The summed E-state index contributed by atoms with van der Waals surface area (Å²) in [5.74, 6) is 2.33. The number of hydrogen-bond acceptors (Lipinski definition) is 6. The van der Waals surface area contributed by atoms with Gasteiger partial charge in [-0.1, -0.05) is 30.3 Å². The molecular formula is C26H27N5O2. The van der Waals surface area contributed by atoms with Crippen LogP contribution in [0.3, 0.4) is 0 Å². The minimum atomic E-state index is -0.108. The first-order chi connectivity index (χ1) is 16.2. The Hall–Kier alpha value is -3.68. The lowest BCUT2D eigenvalue weighted by Gasteiger charge is -2.16. The molecule has 2 aromatic heterocycles. The molecule has 168 valence electrons. The molecule has 0 saturated heterocycles. The van der Waals surface area contributed by atoms with E-state index >= 15 is 0 Å². The molecule has 0 radical (unpaired) electrons. The molecule has 3 N–H and O–H groups in total. The number of aliphatic hydroxyl groups excluding tert-OH is 1. The van der Waals surface area contributed by atoms with E-state index in [0.29, 0.717) is 12.5 Å². The molecule has 7 nitrogen and oxygen atoms in total. The molecule has 3 heterocycles. The van der Waals surface area contributed by atoms with Crippen molar-refractivity contribution < 1.29 is 9.84 Å². The molecule has 0 saturated carbocycles. The highest BCUT2D eigenvalue weighted by molar-refractivity contribution is 5.58. The minimum Gasteiger partial charge on any atom is -0.493 e. The maximum atomic E-state index is 9.78. The summed E-state index contributed by atoms with van der Waals surface area (Å²) >= 11 is 0. The molecule has 5 rings (SSSR count). The molecule has 0 fully saturated rings. The van der Waals surface area contributed by atoms with Gasteiger partial charge in [0, 0.05) is 42.8 Å². The fourth-order valence-electron chi connectivity index (χ4n) is 4.04. The first-order valence-corrected chi connectivity index (χ1v) is 11.1. The summed E-state index contributed by atoms with van der Waals surface area (Å²) in [6.45, 7) is 3.42. The Morgan fingerprint density at radius 1 is 1.15 bits per heavy atom. The Balaban J connectivity index is 1.29. The van der Waals surface area contributed by atoms with Crippen LogP contribution in [-0.2, 0) is 13.0 Å². The molecule has 0 amide bonds. The Morgan fingerprint density at radius 3 is 2.88 bits per heavy atom. The molecule has 1 aliphatic rings. The molecule has 0 aliphatic carbocycles. The highest BCUT2D eigenvalue weighted by Crippen LogP contribution is 2.29. The van der Waals surface area contributed by atoms with Gasteiger partial charge in [0.15, 0.2) is 0 Å². The van der Waals surface area contributed by atoms with Crippen molar-refractivity contribution >= 4 is 11.6 Å². The topological polar surface area (TPSA) is 84.2 Å².